The van der Waals surface area contributed by atoms with Crippen molar-refractivity contribution in [1.82, 2.24) is 4.90 Å². The fourth-order valence-corrected chi connectivity index (χ4v) is 2.61. The van der Waals surface area contributed by atoms with E-state index in [2.05, 4.69) is 20.8 Å². The zero-order chi connectivity index (χ0) is 13.1. The van der Waals surface area contributed by atoms with Crippen molar-refractivity contribution in [3.63, 3.8) is 0 Å². The molecule has 18 heavy (non-hydrogen) atoms. The highest BCUT2D eigenvalue weighted by atomic mass is 35.5. The number of nitrogens with zero attached hydrogens (tertiary/aromatic N) is 1. The van der Waals surface area contributed by atoms with E-state index in [4.69, 9.17) is 5.73 Å². The molecule has 0 saturated heterocycles. The van der Waals surface area contributed by atoms with Gasteiger partial charge in [0.25, 0.3) is 0 Å². The van der Waals surface area contributed by atoms with Gasteiger partial charge in [0.05, 0.1) is 0 Å². The maximum absolute atomic E-state index is 12.3. The highest BCUT2D eigenvalue weighted by Gasteiger charge is 2.37. The van der Waals surface area contributed by atoms with Gasteiger partial charge in [-0.1, -0.05) is 33.6 Å². The van der Waals surface area contributed by atoms with E-state index >= 15 is 0 Å². The second kappa shape index (κ2) is 7.34. The molecule has 1 aliphatic carbocycles. The van der Waals surface area contributed by atoms with Gasteiger partial charge in [-0.2, -0.15) is 0 Å². The van der Waals surface area contributed by atoms with E-state index in [1.165, 1.54) is 12.8 Å². The van der Waals surface area contributed by atoms with Crippen molar-refractivity contribution in [3.05, 3.63) is 0 Å². The summed E-state index contributed by atoms with van der Waals surface area (Å²) in [5, 5.41) is 0. The summed E-state index contributed by atoms with van der Waals surface area (Å²) in [6.45, 7) is 7.16. The number of carbonyl (C=O) groups is 1. The third kappa shape index (κ3) is 4.43. The maximum atomic E-state index is 12.3. The number of hydrogen-bond donors (Lipinski definition) is 1. The van der Waals surface area contributed by atoms with Crippen LogP contribution < -0.4 is 5.73 Å². The van der Waals surface area contributed by atoms with Crippen LogP contribution in [0, 0.1) is 11.3 Å². The minimum Gasteiger partial charge on any atom is -0.345 e. The molecule has 108 valence electrons. The van der Waals surface area contributed by atoms with Crippen molar-refractivity contribution in [2.75, 3.05) is 13.6 Å². The van der Waals surface area contributed by atoms with E-state index in [-0.39, 0.29) is 23.9 Å². The lowest BCUT2D eigenvalue weighted by Crippen LogP contribution is -2.41. The van der Waals surface area contributed by atoms with Crippen molar-refractivity contribution in [1.29, 1.82) is 0 Å². The van der Waals surface area contributed by atoms with Crippen LogP contribution in [0.3, 0.4) is 0 Å². The first kappa shape index (κ1) is 17.7. The van der Waals surface area contributed by atoms with E-state index in [0.717, 1.165) is 25.8 Å². The van der Waals surface area contributed by atoms with Crippen LogP contribution in [-0.4, -0.2) is 30.4 Å². The monoisotopic (exact) mass is 276 g/mol. The standard InChI is InChI=1S/C14H28N2O.ClH/c1-11(2)12(15)7-10-16(4)13(17)14(3)8-5-6-9-14;/h11-12H,5-10,15H2,1-4H3;1H. The Labute approximate surface area is 118 Å². The lowest BCUT2D eigenvalue weighted by atomic mass is 9.87. The molecule has 3 nitrogen and oxygen atoms in total. The van der Waals surface area contributed by atoms with Gasteiger partial charge in [-0.25, -0.2) is 0 Å². The smallest absolute Gasteiger partial charge is 0.228 e. The summed E-state index contributed by atoms with van der Waals surface area (Å²) in [5.74, 6) is 0.798. The summed E-state index contributed by atoms with van der Waals surface area (Å²) in [6.07, 6.45) is 5.39. The third-order valence-corrected chi connectivity index (χ3v) is 4.22. The Morgan fingerprint density at radius 3 is 2.28 bits per heavy atom. The molecule has 1 saturated carbocycles. The van der Waals surface area contributed by atoms with E-state index in [9.17, 15) is 4.79 Å². The lowest BCUT2D eigenvalue weighted by molar-refractivity contribution is -0.139. The van der Waals surface area contributed by atoms with Crippen LogP contribution in [0.25, 0.3) is 0 Å². The predicted molar refractivity (Wildman–Crippen MR) is 78.9 cm³/mol. The average molecular weight is 277 g/mol. The van der Waals surface area contributed by atoms with E-state index in [1.807, 2.05) is 11.9 Å². The quantitative estimate of drug-likeness (QED) is 0.839. The lowest BCUT2D eigenvalue weighted by Gasteiger charge is -2.30. The minimum atomic E-state index is -0.101. The maximum Gasteiger partial charge on any atom is 0.228 e. The highest BCUT2D eigenvalue weighted by Crippen LogP contribution is 2.38. The number of nitrogens with two attached hydrogens (primary N) is 1. The van der Waals surface area contributed by atoms with Gasteiger partial charge >= 0.3 is 0 Å². The van der Waals surface area contributed by atoms with Gasteiger partial charge in [0, 0.05) is 25.0 Å². The van der Waals surface area contributed by atoms with Gasteiger partial charge < -0.3 is 10.6 Å². The largest absolute Gasteiger partial charge is 0.345 e. The first-order valence-electron chi connectivity index (χ1n) is 6.88. The first-order chi connectivity index (χ1) is 7.87. The Hall–Kier alpha value is -0.280. The van der Waals surface area contributed by atoms with E-state index in [1.54, 1.807) is 0 Å². The molecule has 0 spiro atoms. The first-order valence-corrected chi connectivity index (χ1v) is 6.88. The van der Waals surface area contributed by atoms with Gasteiger partial charge in [-0.05, 0) is 25.2 Å². The Balaban J connectivity index is 0.00000289. The van der Waals surface area contributed by atoms with Gasteiger partial charge in [-0.3, -0.25) is 4.79 Å². The Morgan fingerprint density at radius 2 is 1.83 bits per heavy atom. The molecule has 0 heterocycles. The predicted octanol–water partition coefficient (Wildman–Crippen LogP) is 2.82. The van der Waals surface area contributed by atoms with Crippen molar-refractivity contribution in [2.45, 2.75) is 58.9 Å². The van der Waals surface area contributed by atoms with E-state index in [0.29, 0.717) is 11.8 Å². The molecular formula is C14H29ClN2O. The van der Waals surface area contributed by atoms with Gasteiger partial charge in [0.1, 0.15) is 0 Å². The molecule has 1 amide bonds. The molecule has 0 bridgehead atoms. The van der Waals surface area contributed by atoms with Crippen LogP contribution in [-0.2, 0) is 4.79 Å². The highest BCUT2D eigenvalue weighted by molar-refractivity contribution is 5.85. The SMILES string of the molecule is CC(C)C(N)CCN(C)C(=O)C1(C)CCCC1.Cl. The number of halogens is 1. The van der Waals surface area contributed by atoms with Crippen molar-refractivity contribution >= 4 is 18.3 Å². The summed E-state index contributed by atoms with van der Waals surface area (Å²) in [6, 6.07) is 0.196. The van der Waals surface area contributed by atoms with Crippen LogP contribution in [0.1, 0.15) is 52.9 Å². The molecule has 4 heteroatoms. The van der Waals surface area contributed by atoms with Crippen LogP contribution in [0.15, 0.2) is 0 Å². The van der Waals surface area contributed by atoms with Gasteiger partial charge in [0.15, 0.2) is 0 Å². The van der Waals surface area contributed by atoms with Gasteiger partial charge in [0.2, 0.25) is 5.91 Å². The fourth-order valence-electron chi connectivity index (χ4n) is 2.61. The fraction of sp³-hybridized carbons (Fsp3) is 0.929. The molecule has 1 atom stereocenters. The van der Waals surface area contributed by atoms with Crippen molar-refractivity contribution < 1.29 is 4.79 Å². The summed E-state index contributed by atoms with van der Waals surface area (Å²) < 4.78 is 0. The second-order valence-electron chi connectivity index (χ2n) is 6.19. The average Bonchev–Trinajstić information content (AvgIpc) is 2.72. The van der Waals surface area contributed by atoms with Gasteiger partial charge in [-0.15, -0.1) is 12.4 Å². The van der Waals surface area contributed by atoms with Crippen LogP contribution in [0.2, 0.25) is 0 Å². The molecule has 1 unspecified atom stereocenters. The summed E-state index contributed by atoms with van der Waals surface area (Å²) in [4.78, 5) is 14.2. The summed E-state index contributed by atoms with van der Waals surface area (Å²) in [7, 11) is 1.92. The summed E-state index contributed by atoms with van der Waals surface area (Å²) >= 11 is 0. The zero-order valence-corrected chi connectivity index (χ0v) is 13.1. The molecule has 0 radical (unpaired) electrons. The number of rotatable bonds is 5. The third-order valence-electron chi connectivity index (χ3n) is 4.22. The molecule has 2 N–H and O–H groups in total. The van der Waals surface area contributed by atoms with Crippen LogP contribution in [0.4, 0.5) is 0 Å². The summed E-state index contributed by atoms with van der Waals surface area (Å²) in [5.41, 5.74) is 5.91. The molecule has 0 aromatic carbocycles. The molecule has 1 rings (SSSR count). The molecule has 0 aromatic rings. The normalized spacial score (nSPS) is 19.4. The minimum absolute atomic E-state index is 0. The Kier molecular flexibility index (Phi) is 7.23. The second-order valence-corrected chi connectivity index (χ2v) is 6.19. The topological polar surface area (TPSA) is 46.3 Å². The number of amides is 1. The Morgan fingerprint density at radius 1 is 1.33 bits per heavy atom. The zero-order valence-electron chi connectivity index (χ0n) is 12.2. The molecule has 0 aromatic heterocycles. The van der Waals surface area contributed by atoms with Crippen molar-refractivity contribution in [2.24, 2.45) is 17.1 Å². The molecular weight excluding hydrogens is 248 g/mol. The Bertz CT molecular complexity index is 263. The molecule has 0 aliphatic heterocycles. The molecule has 1 fully saturated rings. The number of carbonyl (C=O) groups excluding carboxylic acids is 1. The number of hydrogen-bond acceptors (Lipinski definition) is 2. The van der Waals surface area contributed by atoms with E-state index < -0.39 is 0 Å². The van der Waals surface area contributed by atoms with Crippen molar-refractivity contribution in [3.8, 4) is 0 Å². The van der Waals surface area contributed by atoms with Crippen LogP contribution >= 0.6 is 12.4 Å². The molecule has 1 aliphatic rings. The van der Waals surface area contributed by atoms with Crippen LogP contribution in [0.5, 0.6) is 0 Å².